The van der Waals surface area contributed by atoms with E-state index < -0.39 is 0 Å². The van der Waals surface area contributed by atoms with Crippen LogP contribution in [0, 0.1) is 5.82 Å². The van der Waals surface area contributed by atoms with Gasteiger partial charge in [0.05, 0.1) is 4.47 Å². The van der Waals surface area contributed by atoms with E-state index in [0.717, 1.165) is 41.5 Å². The smallest absolute Gasteiger partial charge is 0.147 e. The molecule has 1 aromatic carbocycles. The summed E-state index contributed by atoms with van der Waals surface area (Å²) in [6.07, 6.45) is 2.00. The fourth-order valence-corrected chi connectivity index (χ4v) is 2.81. The maximum Gasteiger partial charge on any atom is 0.147 e. The van der Waals surface area contributed by atoms with Gasteiger partial charge < -0.3 is 5.32 Å². The zero-order valence-corrected chi connectivity index (χ0v) is 13.0. The molecule has 2 aromatic rings. The van der Waals surface area contributed by atoms with Crippen LogP contribution in [0.5, 0.6) is 0 Å². The third-order valence-electron chi connectivity index (χ3n) is 2.58. The van der Waals surface area contributed by atoms with Crippen molar-refractivity contribution in [2.75, 3.05) is 13.1 Å². The van der Waals surface area contributed by atoms with Crippen molar-refractivity contribution in [2.45, 2.75) is 19.8 Å². The predicted molar refractivity (Wildman–Crippen MR) is 79.9 cm³/mol. The van der Waals surface area contributed by atoms with E-state index in [1.807, 2.05) is 0 Å². The second kappa shape index (κ2) is 7.07. The van der Waals surface area contributed by atoms with Gasteiger partial charge in [0.15, 0.2) is 0 Å². The molecular weight excluding hydrogens is 329 g/mol. The lowest BCUT2D eigenvalue weighted by atomic mass is 10.2. The summed E-state index contributed by atoms with van der Waals surface area (Å²) in [5, 5.41) is 13.5. The molecule has 0 unspecified atom stereocenters. The summed E-state index contributed by atoms with van der Waals surface area (Å²) in [7, 11) is 0. The third kappa shape index (κ3) is 4.06. The van der Waals surface area contributed by atoms with Crippen molar-refractivity contribution in [3.8, 4) is 10.6 Å². The van der Waals surface area contributed by atoms with Crippen molar-refractivity contribution in [3.63, 3.8) is 0 Å². The van der Waals surface area contributed by atoms with Gasteiger partial charge in [0.25, 0.3) is 0 Å². The van der Waals surface area contributed by atoms with Crippen LogP contribution in [0.3, 0.4) is 0 Å². The molecule has 0 saturated heterocycles. The van der Waals surface area contributed by atoms with Crippen LogP contribution >= 0.6 is 27.3 Å². The maximum atomic E-state index is 13.2. The monoisotopic (exact) mass is 343 g/mol. The molecule has 0 aliphatic rings. The molecule has 0 aliphatic carbocycles. The molecule has 0 amide bonds. The number of aromatic nitrogens is 2. The minimum atomic E-state index is -0.266. The highest BCUT2D eigenvalue weighted by atomic mass is 79.9. The van der Waals surface area contributed by atoms with Gasteiger partial charge in [-0.3, -0.25) is 0 Å². The van der Waals surface area contributed by atoms with Crippen LogP contribution in [0.25, 0.3) is 10.6 Å². The van der Waals surface area contributed by atoms with Crippen molar-refractivity contribution in [1.29, 1.82) is 0 Å². The van der Waals surface area contributed by atoms with Gasteiger partial charge in [0.2, 0.25) is 0 Å². The Hall–Kier alpha value is -0.850. The van der Waals surface area contributed by atoms with Crippen LogP contribution in [-0.4, -0.2) is 23.3 Å². The lowest BCUT2D eigenvalue weighted by molar-refractivity contribution is 0.621. The Morgan fingerprint density at radius 2 is 2.16 bits per heavy atom. The number of halogens is 2. The number of rotatable bonds is 6. The first-order chi connectivity index (χ1) is 9.20. The SMILES string of the molecule is CCCNCCc1nnc(-c2ccc(F)c(Br)c2)s1. The van der Waals surface area contributed by atoms with Gasteiger partial charge in [0, 0.05) is 18.5 Å². The minimum absolute atomic E-state index is 0.266. The van der Waals surface area contributed by atoms with Crippen LogP contribution < -0.4 is 5.32 Å². The van der Waals surface area contributed by atoms with Gasteiger partial charge in [-0.05, 0) is 47.1 Å². The van der Waals surface area contributed by atoms with Gasteiger partial charge in [0.1, 0.15) is 15.8 Å². The molecule has 1 aromatic heterocycles. The molecule has 0 radical (unpaired) electrons. The van der Waals surface area contributed by atoms with E-state index in [1.165, 1.54) is 6.07 Å². The summed E-state index contributed by atoms with van der Waals surface area (Å²) in [4.78, 5) is 0. The lowest BCUT2D eigenvalue weighted by Gasteiger charge is -1.99. The Morgan fingerprint density at radius 1 is 1.32 bits per heavy atom. The molecule has 0 aliphatic heterocycles. The van der Waals surface area contributed by atoms with Crippen molar-refractivity contribution in [1.82, 2.24) is 15.5 Å². The quantitative estimate of drug-likeness (QED) is 0.813. The van der Waals surface area contributed by atoms with Crippen LogP contribution in [0.15, 0.2) is 22.7 Å². The molecular formula is C13H15BrFN3S. The van der Waals surface area contributed by atoms with Crippen molar-refractivity contribution in [2.24, 2.45) is 0 Å². The maximum absolute atomic E-state index is 13.2. The fraction of sp³-hybridized carbons (Fsp3) is 0.385. The van der Waals surface area contributed by atoms with E-state index in [1.54, 1.807) is 23.5 Å². The Bertz CT molecular complexity index is 544. The second-order valence-corrected chi connectivity index (χ2v) is 6.05. The van der Waals surface area contributed by atoms with Crippen molar-refractivity contribution < 1.29 is 4.39 Å². The molecule has 0 saturated carbocycles. The van der Waals surface area contributed by atoms with Crippen LogP contribution in [0.2, 0.25) is 0 Å². The number of nitrogens with zero attached hydrogens (tertiary/aromatic N) is 2. The Labute approximate surface area is 124 Å². The van der Waals surface area contributed by atoms with Gasteiger partial charge >= 0.3 is 0 Å². The molecule has 102 valence electrons. The van der Waals surface area contributed by atoms with Gasteiger partial charge in [-0.1, -0.05) is 18.3 Å². The van der Waals surface area contributed by atoms with Crippen LogP contribution in [0.1, 0.15) is 18.4 Å². The first kappa shape index (κ1) is 14.6. The van der Waals surface area contributed by atoms with E-state index in [-0.39, 0.29) is 5.82 Å². The Morgan fingerprint density at radius 3 is 2.89 bits per heavy atom. The van der Waals surface area contributed by atoms with E-state index in [4.69, 9.17) is 0 Å². The molecule has 0 fully saturated rings. The van der Waals surface area contributed by atoms with Crippen molar-refractivity contribution in [3.05, 3.63) is 33.5 Å². The highest BCUT2D eigenvalue weighted by Gasteiger charge is 2.08. The average molecular weight is 344 g/mol. The van der Waals surface area contributed by atoms with E-state index in [0.29, 0.717) is 4.47 Å². The molecule has 0 atom stereocenters. The molecule has 0 spiro atoms. The predicted octanol–water partition coefficient (Wildman–Crippen LogP) is 3.65. The first-order valence-corrected chi connectivity index (χ1v) is 7.80. The molecule has 2 rings (SSSR count). The number of hydrogen-bond donors (Lipinski definition) is 1. The van der Waals surface area contributed by atoms with E-state index in [2.05, 4.69) is 38.4 Å². The average Bonchev–Trinajstić information content (AvgIpc) is 2.87. The number of nitrogens with one attached hydrogen (secondary N) is 1. The second-order valence-electron chi connectivity index (χ2n) is 4.13. The zero-order valence-electron chi connectivity index (χ0n) is 10.6. The largest absolute Gasteiger partial charge is 0.316 e. The topological polar surface area (TPSA) is 37.8 Å². The Kier molecular flexibility index (Phi) is 5.42. The highest BCUT2D eigenvalue weighted by molar-refractivity contribution is 9.10. The minimum Gasteiger partial charge on any atom is -0.316 e. The summed E-state index contributed by atoms with van der Waals surface area (Å²) in [5.74, 6) is -0.266. The van der Waals surface area contributed by atoms with E-state index in [9.17, 15) is 4.39 Å². The molecule has 0 bridgehead atoms. The number of hydrogen-bond acceptors (Lipinski definition) is 4. The van der Waals surface area contributed by atoms with Gasteiger partial charge in [-0.25, -0.2) is 4.39 Å². The highest BCUT2D eigenvalue weighted by Crippen LogP contribution is 2.27. The first-order valence-electron chi connectivity index (χ1n) is 6.19. The normalized spacial score (nSPS) is 10.9. The third-order valence-corrected chi connectivity index (χ3v) is 4.22. The molecule has 19 heavy (non-hydrogen) atoms. The van der Waals surface area contributed by atoms with E-state index >= 15 is 0 Å². The Balaban J connectivity index is 2.01. The van der Waals surface area contributed by atoms with Crippen LogP contribution in [-0.2, 0) is 6.42 Å². The summed E-state index contributed by atoms with van der Waals surface area (Å²) in [5.41, 5.74) is 0.888. The molecule has 1 heterocycles. The standard InChI is InChI=1S/C13H15BrFN3S/c1-2-6-16-7-5-12-17-18-13(19-12)9-3-4-11(15)10(14)8-9/h3-4,8,16H,2,5-7H2,1H3. The zero-order chi connectivity index (χ0) is 13.7. The molecule has 3 nitrogen and oxygen atoms in total. The summed E-state index contributed by atoms with van der Waals surface area (Å²) < 4.78 is 13.6. The van der Waals surface area contributed by atoms with Gasteiger partial charge in [-0.2, -0.15) is 0 Å². The molecule has 1 N–H and O–H groups in total. The summed E-state index contributed by atoms with van der Waals surface area (Å²) in [6.45, 7) is 4.08. The van der Waals surface area contributed by atoms with Gasteiger partial charge in [-0.15, -0.1) is 10.2 Å². The summed E-state index contributed by atoms with van der Waals surface area (Å²) in [6, 6.07) is 4.89. The van der Waals surface area contributed by atoms with Crippen LogP contribution in [0.4, 0.5) is 4.39 Å². The fourth-order valence-electron chi connectivity index (χ4n) is 1.60. The summed E-state index contributed by atoms with van der Waals surface area (Å²) >= 11 is 4.73. The number of benzene rings is 1. The van der Waals surface area contributed by atoms with Crippen molar-refractivity contribution >= 4 is 27.3 Å². The lowest BCUT2D eigenvalue weighted by Crippen LogP contribution is -2.17. The molecule has 6 heteroatoms.